The van der Waals surface area contributed by atoms with Crippen LogP contribution in [0.1, 0.15) is 13.8 Å². The highest BCUT2D eigenvalue weighted by Crippen LogP contribution is 2.00. The van der Waals surface area contributed by atoms with E-state index in [0.717, 1.165) is 6.29 Å². The molecule has 0 rings (SSSR count). The first-order chi connectivity index (χ1) is 4.22. The summed E-state index contributed by atoms with van der Waals surface area (Å²) in [5.41, 5.74) is 0. The van der Waals surface area contributed by atoms with Gasteiger partial charge in [0, 0.05) is 5.92 Å². The molecule has 3 nitrogen and oxygen atoms in total. The lowest BCUT2D eigenvalue weighted by atomic mass is 10.1. The van der Waals surface area contributed by atoms with Crippen molar-refractivity contribution in [1.29, 1.82) is 0 Å². The maximum Gasteiger partial charge on any atom is 0.293 e. The van der Waals surface area contributed by atoms with Gasteiger partial charge in [-0.05, 0) is 6.92 Å². The summed E-state index contributed by atoms with van der Waals surface area (Å²) in [4.78, 5) is 19.7. The molecule has 0 fully saturated rings. The van der Waals surface area contributed by atoms with E-state index in [-0.39, 0.29) is 12.0 Å². The summed E-state index contributed by atoms with van der Waals surface area (Å²) >= 11 is 0. The van der Waals surface area contributed by atoms with E-state index in [2.05, 4.69) is 4.74 Å². The van der Waals surface area contributed by atoms with Gasteiger partial charge in [0.2, 0.25) is 0 Å². The number of rotatable bonds is 4. The van der Waals surface area contributed by atoms with Gasteiger partial charge in [0.25, 0.3) is 6.47 Å². The average molecular weight is 130 g/mol. The molecule has 0 saturated carbocycles. The van der Waals surface area contributed by atoms with Gasteiger partial charge in [-0.15, -0.1) is 0 Å². The number of ether oxygens (including phenoxy) is 1. The Hall–Kier alpha value is -0.860. The second-order valence-corrected chi connectivity index (χ2v) is 1.93. The molecule has 3 heteroatoms. The van der Waals surface area contributed by atoms with Crippen LogP contribution in [0.2, 0.25) is 0 Å². The largest absolute Gasteiger partial charge is 0.464 e. The molecular weight excluding hydrogens is 120 g/mol. The van der Waals surface area contributed by atoms with E-state index >= 15 is 0 Å². The third kappa shape index (κ3) is 2.85. The van der Waals surface area contributed by atoms with Gasteiger partial charge in [-0.25, -0.2) is 0 Å². The molecule has 0 spiro atoms. The maximum atomic E-state index is 10.0. The Bertz CT molecular complexity index is 100. The fraction of sp³-hybridized carbons (Fsp3) is 0.667. The van der Waals surface area contributed by atoms with E-state index in [1.54, 1.807) is 13.8 Å². The molecule has 0 radical (unpaired) electrons. The fourth-order valence-corrected chi connectivity index (χ4v) is 0.322. The fourth-order valence-electron chi connectivity index (χ4n) is 0.322. The van der Waals surface area contributed by atoms with E-state index in [1.165, 1.54) is 0 Å². The standard InChI is InChI=1S/C6H10O3/c1-5(3-7)6(2)9-4-8/h3-6H,1-2H3/t5-,6+/m0/s1. The van der Waals surface area contributed by atoms with Gasteiger partial charge in [0.05, 0.1) is 0 Å². The summed E-state index contributed by atoms with van der Waals surface area (Å²) in [7, 11) is 0. The molecule has 0 heterocycles. The molecule has 2 atom stereocenters. The molecule has 0 amide bonds. The van der Waals surface area contributed by atoms with Crippen LogP contribution in [0.25, 0.3) is 0 Å². The third-order valence-electron chi connectivity index (χ3n) is 1.23. The van der Waals surface area contributed by atoms with Crippen LogP contribution in [0, 0.1) is 5.92 Å². The Morgan fingerprint density at radius 3 is 2.22 bits per heavy atom. The lowest BCUT2D eigenvalue weighted by Gasteiger charge is -2.10. The Kier molecular flexibility index (Phi) is 3.67. The van der Waals surface area contributed by atoms with Gasteiger partial charge in [-0.2, -0.15) is 0 Å². The van der Waals surface area contributed by atoms with Crippen LogP contribution in [-0.4, -0.2) is 18.9 Å². The van der Waals surface area contributed by atoms with Crippen molar-refractivity contribution in [2.75, 3.05) is 0 Å². The van der Waals surface area contributed by atoms with E-state index in [9.17, 15) is 9.59 Å². The van der Waals surface area contributed by atoms with Gasteiger partial charge in [0.15, 0.2) is 0 Å². The molecule has 0 aromatic carbocycles. The van der Waals surface area contributed by atoms with Crippen LogP contribution in [0.15, 0.2) is 0 Å². The quantitative estimate of drug-likeness (QED) is 0.517. The minimum atomic E-state index is -0.306. The van der Waals surface area contributed by atoms with Crippen molar-refractivity contribution < 1.29 is 14.3 Å². The predicted molar refractivity (Wildman–Crippen MR) is 31.8 cm³/mol. The topological polar surface area (TPSA) is 43.4 Å². The van der Waals surface area contributed by atoms with Crippen LogP contribution in [0.4, 0.5) is 0 Å². The van der Waals surface area contributed by atoms with E-state index < -0.39 is 0 Å². The van der Waals surface area contributed by atoms with E-state index in [1.807, 2.05) is 0 Å². The molecule has 0 unspecified atom stereocenters. The van der Waals surface area contributed by atoms with Crippen molar-refractivity contribution in [3.8, 4) is 0 Å². The molecule has 9 heavy (non-hydrogen) atoms. The summed E-state index contributed by atoms with van der Waals surface area (Å²) in [5.74, 6) is -0.213. The highest BCUT2D eigenvalue weighted by Gasteiger charge is 2.10. The lowest BCUT2D eigenvalue weighted by molar-refractivity contribution is -0.136. The van der Waals surface area contributed by atoms with Crippen molar-refractivity contribution >= 4 is 12.8 Å². The third-order valence-corrected chi connectivity index (χ3v) is 1.23. The van der Waals surface area contributed by atoms with Crippen LogP contribution < -0.4 is 0 Å². The highest BCUT2D eigenvalue weighted by atomic mass is 16.5. The normalized spacial score (nSPS) is 15.8. The summed E-state index contributed by atoms with van der Waals surface area (Å²) in [6, 6.07) is 0. The van der Waals surface area contributed by atoms with Gasteiger partial charge in [-0.1, -0.05) is 6.92 Å². The van der Waals surface area contributed by atoms with Gasteiger partial charge in [-0.3, -0.25) is 4.79 Å². The summed E-state index contributed by atoms with van der Waals surface area (Å²) in [5, 5.41) is 0. The van der Waals surface area contributed by atoms with Gasteiger partial charge >= 0.3 is 0 Å². The molecule has 0 saturated heterocycles. The second kappa shape index (κ2) is 4.06. The molecule has 52 valence electrons. The smallest absolute Gasteiger partial charge is 0.293 e. The zero-order valence-electron chi connectivity index (χ0n) is 5.53. The molecular formula is C6H10O3. The Labute approximate surface area is 54.0 Å². The van der Waals surface area contributed by atoms with Crippen molar-refractivity contribution in [2.45, 2.75) is 20.0 Å². The first kappa shape index (κ1) is 8.14. The first-order valence-corrected chi connectivity index (χ1v) is 2.76. The highest BCUT2D eigenvalue weighted by molar-refractivity contribution is 5.54. The van der Waals surface area contributed by atoms with Crippen LogP contribution >= 0.6 is 0 Å². The first-order valence-electron chi connectivity index (χ1n) is 2.76. The van der Waals surface area contributed by atoms with Crippen molar-refractivity contribution in [2.24, 2.45) is 5.92 Å². The minimum Gasteiger partial charge on any atom is -0.464 e. The number of carbonyl (C=O) groups is 2. The number of carbonyl (C=O) groups excluding carboxylic acids is 2. The Morgan fingerprint density at radius 2 is 1.89 bits per heavy atom. The molecule has 0 N–H and O–H groups in total. The minimum absolute atomic E-state index is 0.213. The Morgan fingerprint density at radius 1 is 1.33 bits per heavy atom. The van der Waals surface area contributed by atoms with Gasteiger partial charge in [0.1, 0.15) is 12.4 Å². The molecule has 0 aromatic heterocycles. The number of hydrogen-bond acceptors (Lipinski definition) is 3. The zero-order valence-corrected chi connectivity index (χ0v) is 5.53. The van der Waals surface area contributed by atoms with E-state index in [4.69, 9.17) is 0 Å². The number of hydrogen-bond donors (Lipinski definition) is 0. The summed E-state index contributed by atoms with van der Waals surface area (Å²) in [6.45, 7) is 3.72. The van der Waals surface area contributed by atoms with Crippen molar-refractivity contribution in [3.05, 3.63) is 0 Å². The molecule has 0 bridgehead atoms. The monoisotopic (exact) mass is 130 g/mol. The summed E-state index contributed by atoms with van der Waals surface area (Å²) in [6.07, 6.45) is 0.453. The predicted octanol–water partition coefficient (Wildman–Crippen LogP) is 0.383. The zero-order chi connectivity index (χ0) is 7.28. The molecule has 0 aromatic rings. The van der Waals surface area contributed by atoms with Crippen LogP contribution in [-0.2, 0) is 14.3 Å². The molecule has 0 aliphatic rings. The SMILES string of the molecule is C[C@@H](C=O)[C@@H](C)OC=O. The number of aldehydes is 1. The molecule has 0 aliphatic heterocycles. The van der Waals surface area contributed by atoms with E-state index in [0.29, 0.717) is 6.47 Å². The molecule has 0 aliphatic carbocycles. The van der Waals surface area contributed by atoms with Crippen molar-refractivity contribution in [1.82, 2.24) is 0 Å². The lowest BCUT2D eigenvalue weighted by Crippen LogP contribution is -2.18. The maximum absolute atomic E-state index is 10.0. The van der Waals surface area contributed by atoms with Crippen LogP contribution in [0.5, 0.6) is 0 Å². The van der Waals surface area contributed by atoms with Gasteiger partial charge < -0.3 is 9.53 Å². The second-order valence-electron chi connectivity index (χ2n) is 1.93. The average Bonchev–Trinajstić information content (AvgIpc) is 1.87. The summed E-state index contributed by atoms with van der Waals surface area (Å²) < 4.78 is 4.48. The van der Waals surface area contributed by atoms with Crippen molar-refractivity contribution in [3.63, 3.8) is 0 Å². The Balaban J connectivity index is 3.56. The van der Waals surface area contributed by atoms with Crippen LogP contribution in [0.3, 0.4) is 0 Å².